The fourth-order valence-corrected chi connectivity index (χ4v) is 3.45. The molecule has 1 aromatic rings. The highest BCUT2D eigenvalue weighted by atomic mass is 32.1. The fraction of sp³-hybridized carbons (Fsp3) is 0.647. The van der Waals surface area contributed by atoms with E-state index in [0.717, 1.165) is 12.8 Å². The zero-order valence-electron chi connectivity index (χ0n) is 14.9. The Balaban J connectivity index is 1.96. The second kappa shape index (κ2) is 8.94. The van der Waals surface area contributed by atoms with Crippen LogP contribution in [0.25, 0.3) is 0 Å². The molecule has 7 nitrogen and oxygen atoms in total. The normalized spacial score (nSPS) is 17.4. The Morgan fingerprint density at radius 3 is 2.88 bits per heavy atom. The summed E-state index contributed by atoms with van der Waals surface area (Å²) in [6.07, 6.45) is 1.91. The highest BCUT2D eigenvalue weighted by Crippen LogP contribution is 2.22. The molecule has 2 amide bonds. The van der Waals surface area contributed by atoms with E-state index in [1.807, 2.05) is 13.8 Å². The van der Waals surface area contributed by atoms with Crippen molar-refractivity contribution in [1.82, 2.24) is 9.88 Å². The first-order valence-electron chi connectivity index (χ1n) is 8.62. The molecule has 1 N–H and O–H groups in total. The Kier molecular flexibility index (Phi) is 6.92. The molecule has 0 spiro atoms. The summed E-state index contributed by atoms with van der Waals surface area (Å²) < 4.78 is 5.06. The van der Waals surface area contributed by atoms with Crippen LogP contribution in [0.3, 0.4) is 0 Å². The lowest BCUT2D eigenvalue weighted by Crippen LogP contribution is -2.43. The Morgan fingerprint density at radius 1 is 1.44 bits per heavy atom. The molecule has 1 aliphatic heterocycles. The largest absolute Gasteiger partial charge is 0.466 e. The minimum atomic E-state index is -0.276. The van der Waals surface area contributed by atoms with Crippen LogP contribution >= 0.6 is 11.3 Å². The lowest BCUT2D eigenvalue weighted by molar-refractivity contribution is -0.149. The van der Waals surface area contributed by atoms with E-state index in [1.165, 1.54) is 11.3 Å². The van der Waals surface area contributed by atoms with Crippen molar-refractivity contribution in [3.8, 4) is 0 Å². The van der Waals surface area contributed by atoms with Crippen LogP contribution in [0.1, 0.15) is 50.5 Å². The maximum Gasteiger partial charge on any atom is 0.310 e. The maximum absolute atomic E-state index is 12.6. The molecular weight excluding hydrogens is 342 g/mol. The van der Waals surface area contributed by atoms with E-state index in [4.69, 9.17) is 4.74 Å². The van der Waals surface area contributed by atoms with Crippen LogP contribution in [0.2, 0.25) is 0 Å². The molecule has 0 radical (unpaired) electrons. The number of aromatic nitrogens is 1. The first-order valence-corrected chi connectivity index (χ1v) is 9.50. The number of esters is 1. The third-order valence-corrected chi connectivity index (χ3v) is 4.65. The minimum absolute atomic E-state index is 0.108. The first kappa shape index (κ1) is 19.4. The molecule has 0 aromatic carbocycles. The number of ether oxygens (including phenoxy) is 1. The highest BCUT2D eigenvalue weighted by molar-refractivity contribution is 7.14. The average Bonchev–Trinajstić information content (AvgIpc) is 3.02. The molecule has 2 rings (SSSR count). The van der Waals surface area contributed by atoms with Crippen LogP contribution in [-0.2, 0) is 14.3 Å². The number of nitrogens with one attached hydrogen (secondary N) is 1. The minimum Gasteiger partial charge on any atom is -0.466 e. The SMILES string of the molecule is CCOC(=O)[C@@H]1CCCN(C(=O)c2csc(NC(=O)CC(C)C)n2)C1. The van der Waals surface area contributed by atoms with Gasteiger partial charge in [-0.15, -0.1) is 11.3 Å². The van der Waals surface area contributed by atoms with Crippen molar-refractivity contribution < 1.29 is 19.1 Å². The Morgan fingerprint density at radius 2 is 2.20 bits per heavy atom. The summed E-state index contributed by atoms with van der Waals surface area (Å²) in [7, 11) is 0. The molecule has 25 heavy (non-hydrogen) atoms. The highest BCUT2D eigenvalue weighted by Gasteiger charge is 2.30. The Hall–Kier alpha value is -1.96. The lowest BCUT2D eigenvalue weighted by atomic mass is 9.98. The van der Waals surface area contributed by atoms with Crippen LogP contribution in [0.15, 0.2) is 5.38 Å². The predicted molar refractivity (Wildman–Crippen MR) is 95.5 cm³/mol. The number of amides is 2. The van der Waals surface area contributed by atoms with Gasteiger partial charge < -0.3 is 15.0 Å². The number of nitrogens with zero attached hydrogens (tertiary/aromatic N) is 2. The molecule has 138 valence electrons. The van der Waals surface area contributed by atoms with E-state index in [0.29, 0.717) is 36.9 Å². The standard InChI is InChI=1S/C17H25N3O4S/c1-4-24-16(23)12-6-5-7-20(9-12)15(22)13-10-25-17(18-13)19-14(21)8-11(2)3/h10-12H,4-9H2,1-3H3,(H,18,19,21)/t12-/m1/s1. The van der Waals surface area contributed by atoms with Gasteiger partial charge in [0.25, 0.3) is 5.91 Å². The van der Waals surface area contributed by atoms with Crippen LogP contribution in [-0.4, -0.2) is 47.4 Å². The number of carbonyl (C=O) groups is 3. The summed E-state index contributed by atoms with van der Waals surface area (Å²) in [6, 6.07) is 0. The molecule has 0 saturated carbocycles. The quantitative estimate of drug-likeness (QED) is 0.781. The van der Waals surface area contributed by atoms with Gasteiger partial charge in [-0.1, -0.05) is 13.8 Å². The zero-order chi connectivity index (χ0) is 18.4. The summed E-state index contributed by atoms with van der Waals surface area (Å²) in [5.41, 5.74) is 0.300. The van der Waals surface area contributed by atoms with Crippen molar-refractivity contribution in [3.05, 3.63) is 11.1 Å². The molecule has 0 bridgehead atoms. The average molecular weight is 367 g/mol. The molecule has 2 heterocycles. The van der Waals surface area contributed by atoms with Gasteiger partial charge >= 0.3 is 5.97 Å². The topological polar surface area (TPSA) is 88.6 Å². The first-order chi connectivity index (χ1) is 11.9. The van der Waals surface area contributed by atoms with Gasteiger partial charge in [0.15, 0.2) is 5.13 Å². The third kappa shape index (κ3) is 5.52. The zero-order valence-corrected chi connectivity index (χ0v) is 15.7. The van der Waals surface area contributed by atoms with Crippen LogP contribution in [0.4, 0.5) is 5.13 Å². The van der Waals surface area contributed by atoms with Gasteiger partial charge in [-0.05, 0) is 25.7 Å². The fourth-order valence-electron chi connectivity index (χ4n) is 2.75. The molecular formula is C17H25N3O4S. The van der Waals surface area contributed by atoms with Crippen molar-refractivity contribution in [2.45, 2.75) is 40.0 Å². The lowest BCUT2D eigenvalue weighted by Gasteiger charge is -2.31. The second-order valence-corrected chi connectivity index (χ2v) is 7.38. The number of piperidine rings is 1. The molecule has 1 aromatic heterocycles. The van der Waals surface area contributed by atoms with Gasteiger partial charge in [0, 0.05) is 24.9 Å². The Bertz CT molecular complexity index is 629. The van der Waals surface area contributed by atoms with E-state index in [2.05, 4.69) is 10.3 Å². The number of likely N-dealkylation sites (tertiary alicyclic amines) is 1. The van der Waals surface area contributed by atoms with Gasteiger partial charge in [0.2, 0.25) is 5.91 Å². The number of carbonyl (C=O) groups excluding carboxylic acids is 3. The van der Waals surface area contributed by atoms with E-state index < -0.39 is 0 Å². The van der Waals surface area contributed by atoms with Gasteiger partial charge in [0.1, 0.15) is 5.69 Å². The summed E-state index contributed by atoms with van der Waals surface area (Å²) >= 11 is 1.23. The maximum atomic E-state index is 12.6. The van der Waals surface area contributed by atoms with Gasteiger partial charge in [-0.25, -0.2) is 4.98 Å². The van der Waals surface area contributed by atoms with E-state index in [1.54, 1.807) is 17.2 Å². The molecule has 1 saturated heterocycles. The van der Waals surface area contributed by atoms with Crippen molar-refractivity contribution >= 4 is 34.3 Å². The van der Waals surface area contributed by atoms with Crippen molar-refractivity contribution in [3.63, 3.8) is 0 Å². The van der Waals surface area contributed by atoms with Crippen molar-refractivity contribution in [2.75, 3.05) is 25.0 Å². The van der Waals surface area contributed by atoms with Crippen molar-refractivity contribution in [2.24, 2.45) is 11.8 Å². The number of anilines is 1. The molecule has 1 atom stereocenters. The van der Waals surface area contributed by atoms with E-state index in [9.17, 15) is 14.4 Å². The van der Waals surface area contributed by atoms with Gasteiger partial charge in [-0.2, -0.15) is 0 Å². The van der Waals surface area contributed by atoms with E-state index >= 15 is 0 Å². The van der Waals surface area contributed by atoms with Crippen LogP contribution < -0.4 is 5.32 Å². The molecule has 1 aliphatic rings. The summed E-state index contributed by atoms with van der Waals surface area (Å²) in [6.45, 7) is 6.99. The third-order valence-electron chi connectivity index (χ3n) is 3.89. The predicted octanol–water partition coefficient (Wildman–Crippen LogP) is 2.54. The number of hydrogen-bond acceptors (Lipinski definition) is 6. The monoisotopic (exact) mass is 367 g/mol. The number of thiazole rings is 1. The molecule has 0 unspecified atom stereocenters. The Labute approximate surface area is 151 Å². The molecule has 1 fully saturated rings. The summed E-state index contributed by atoms with van der Waals surface area (Å²) in [4.78, 5) is 42.2. The van der Waals surface area contributed by atoms with Gasteiger partial charge in [0.05, 0.1) is 12.5 Å². The number of rotatable bonds is 6. The van der Waals surface area contributed by atoms with Crippen LogP contribution in [0.5, 0.6) is 0 Å². The van der Waals surface area contributed by atoms with Crippen molar-refractivity contribution in [1.29, 1.82) is 0 Å². The van der Waals surface area contributed by atoms with Crippen LogP contribution in [0, 0.1) is 11.8 Å². The van der Waals surface area contributed by atoms with E-state index in [-0.39, 0.29) is 29.6 Å². The summed E-state index contributed by atoms with van der Waals surface area (Å²) in [5.74, 6) is -0.589. The molecule has 8 heteroatoms. The van der Waals surface area contributed by atoms with Gasteiger partial charge in [-0.3, -0.25) is 14.4 Å². The molecule has 0 aliphatic carbocycles. The number of hydrogen-bond donors (Lipinski definition) is 1. The second-order valence-electron chi connectivity index (χ2n) is 6.53. The summed E-state index contributed by atoms with van der Waals surface area (Å²) in [5, 5.41) is 4.78. The smallest absolute Gasteiger partial charge is 0.310 e.